The van der Waals surface area contributed by atoms with Gasteiger partial charge in [0.1, 0.15) is 5.69 Å². The van der Waals surface area contributed by atoms with Crippen LogP contribution >= 0.6 is 0 Å². The number of rotatable bonds is 2. The van der Waals surface area contributed by atoms with Crippen LogP contribution in [0.25, 0.3) is 5.65 Å². The Balaban J connectivity index is 1.97. The smallest absolute Gasteiger partial charge is 0.274 e. The molecule has 0 aliphatic rings. The molecule has 94 valence electrons. The third-order valence-corrected chi connectivity index (χ3v) is 2.92. The zero-order valence-electron chi connectivity index (χ0n) is 10.4. The van der Waals surface area contributed by atoms with E-state index in [2.05, 4.69) is 15.4 Å². The Morgan fingerprint density at radius 2 is 2.00 bits per heavy atom. The number of aromatic nitrogens is 3. The summed E-state index contributed by atoms with van der Waals surface area (Å²) in [5.41, 5.74) is 2.92. The maximum absolute atomic E-state index is 12.3. The van der Waals surface area contributed by atoms with Crippen LogP contribution in [0.3, 0.4) is 0 Å². The van der Waals surface area contributed by atoms with E-state index in [1.807, 2.05) is 31.2 Å². The van der Waals surface area contributed by atoms with E-state index >= 15 is 0 Å². The highest BCUT2D eigenvalue weighted by Crippen LogP contribution is 2.14. The maximum Gasteiger partial charge on any atom is 0.274 e. The maximum atomic E-state index is 12.3. The Morgan fingerprint density at radius 3 is 2.84 bits per heavy atom. The minimum Gasteiger partial charge on any atom is -0.320 e. The number of carbonyl (C=O) groups excluding carboxylic acids is 1. The first-order valence-corrected chi connectivity index (χ1v) is 5.91. The molecule has 0 unspecified atom stereocenters. The van der Waals surface area contributed by atoms with E-state index in [1.54, 1.807) is 24.5 Å². The van der Waals surface area contributed by atoms with Gasteiger partial charge in [0, 0.05) is 18.0 Å². The molecule has 0 atom stereocenters. The Morgan fingerprint density at radius 1 is 1.16 bits per heavy atom. The molecule has 0 fully saturated rings. The lowest BCUT2D eigenvalue weighted by Gasteiger charge is -2.08. The number of nitrogens with zero attached hydrogens (tertiary/aromatic N) is 3. The van der Waals surface area contributed by atoms with Gasteiger partial charge in [0.25, 0.3) is 5.91 Å². The molecule has 0 radical (unpaired) electrons. The molecule has 3 aromatic rings. The Hall–Kier alpha value is -2.69. The van der Waals surface area contributed by atoms with Crippen LogP contribution in [0.5, 0.6) is 0 Å². The van der Waals surface area contributed by atoms with Crippen LogP contribution in [-0.2, 0) is 0 Å². The second kappa shape index (κ2) is 4.53. The number of nitrogens with one attached hydrogen (secondary N) is 1. The number of fused-ring (bicyclic) bond motifs is 1. The van der Waals surface area contributed by atoms with Gasteiger partial charge in [0.2, 0.25) is 0 Å². The second-order valence-corrected chi connectivity index (χ2v) is 4.20. The Kier molecular flexibility index (Phi) is 2.72. The normalized spacial score (nSPS) is 10.6. The van der Waals surface area contributed by atoms with Crippen LogP contribution in [0, 0.1) is 6.92 Å². The molecule has 0 saturated carbocycles. The fourth-order valence-electron chi connectivity index (χ4n) is 1.91. The van der Waals surface area contributed by atoms with Crippen molar-refractivity contribution in [2.24, 2.45) is 0 Å². The molecule has 0 saturated heterocycles. The van der Waals surface area contributed by atoms with Gasteiger partial charge in [0.05, 0.1) is 6.20 Å². The number of amides is 1. The SMILES string of the molecule is Cc1ccccc1NC(=O)c1ccnc2ccnn12. The summed E-state index contributed by atoms with van der Waals surface area (Å²) in [4.78, 5) is 16.4. The molecule has 2 heterocycles. The molecule has 1 N–H and O–H groups in total. The van der Waals surface area contributed by atoms with E-state index in [9.17, 15) is 4.79 Å². The topological polar surface area (TPSA) is 59.3 Å². The zero-order chi connectivity index (χ0) is 13.2. The molecule has 19 heavy (non-hydrogen) atoms. The van der Waals surface area contributed by atoms with Crippen LogP contribution in [0.15, 0.2) is 48.8 Å². The number of hydrogen-bond acceptors (Lipinski definition) is 3. The average Bonchev–Trinajstić information content (AvgIpc) is 2.89. The number of para-hydroxylation sites is 1. The second-order valence-electron chi connectivity index (χ2n) is 4.20. The van der Waals surface area contributed by atoms with Crippen molar-refractivity contribution in [1.82, 2.24) is 14.6 Å². The van der Waals surface area contributed by atoms with Gasteiger partial charge in [-0.15, -0.1) is 0 Å². The molecule has 1 amide bonds. The van der Waals surface area contributed by atoms with Gasteiger partial charge in [-0.25, -0.2) is 9.50 Å². The van der Waals surface area contributed by atoms with Crippen molar-refractivity contribution in [2.45, 2.75) is 6.92 Å². The molecule has 0 aliphatic carbocycles. The molecule has 5 nitrogen and oxygen atoms in total. The van der Waals surface area contributed by atoms with E-state index in [1.165, 1.54) is 4.52 Å². The largest absolute Gasteiger partial charge is 0.320 e. The summed E-state index contributed by atoms with van der Waals surface area (Å²) in [7, 11) is 0. The predicted octanol–water partition coefficient (Wildman–Crippen LogP) is 2.29. The van der Waals surface area contributed by atoms with Crippen molar-refractivity contribution in [3.05, 3.63) is 60.0 Å². The van der Waals surface area contributed by atoms with Gasteiger partial charge in [-0.2, -0.15) is 5.10 Å². The van der Waals surface area contributed by atoms with Gasteiger partial charge in [-0.05, 0) is 24.6 Å². The molecule has 0 bridgehead atoms. The van der Waals surface area contributed by atoms with Gasteiger partial charge < -0.3 is 5.32 Å². The molecule has 1 aromatic carbocycles. The molecule has 0 aliphatic heterocycles. The van der Waals surface area contributed by atoms with Crippen LogP contribution in [-0.4, -0.2) is 20.5 Å². The van der Waals surface area contributed by atoms with Crippen molar-refractivity contribution in [2.75, 3.05) is 5.32 Å². The van der Waals surface area contributed by atoms with E-state index < -0.39 is 0 Å². The van der Waals surface area contributed by atoms with Crippen LogP contribution in [0.4, 0.5) is 5.69 Å². The molecule has 2 aromatic heterocycles. The highest BCUT2D eigenvalue weighted by atomic mass is 16.2. The van der Waals surface area contributed by atoms with E-state index in [0.29, 0.717) is 11.3 Å². The summed E-state index contributed by atoms with van der Waals surface area (Å²) < 4.78 is 1.52. The minimum absolute atomic E-state index is 0.203. The lowest BCUT2D eigenvalue weighted by Crippen LogP contribution is -2.17. The Bertz CT molecular complexity index is 748. The quantitative estimate of drug-likeness (QED) is 0.761. The average molecular weight is 252 g/mol. The monoisotopic (exact) mass is 252 g/mol. The number of benzene rings is 1. The van der Waals surface area contributed by atoms with E-state index in [4.69, 9.17) is 0 Å². The summed E-state index contributed by atoms with van der Waals surface area (Å²) in [6.45, 7) is 1.95. The van der Waals surface area contributed by atoms with Crippen LogP contribution < -0.4 is 5.32 Å². The standard InChI is InChI=1S/C14H12N4O/c1-10-4-2-3-5-11(10)17-14(19)12-6-8-15-13-7-9-16-18(12)13/h2-9H,1H3,(H,17,19). The highest BCUT2D eigenvalue weighted by Gasteiger charge is 2.12. The van der Waals surface area contributed by atoms with Crippen molar-refractivity contribution in [3.63, 3.8) is 0 Å². The zero-order valence-corrected chi connectivity index (χ0v) is 10.4. The summed E-state index contributed by atoms with van der Waals surface area (Å²) in [6, 6.07) is 11.0. The van der Waals surface area contributed by atoms with Gasteiger partial charge in [0.15, 0.2) is 5.65 Å². The van der Waals surface area contributed by atoms with Crippen molar-refractivity contribution >= 4 is 17.2 Å². The fraction of sp³-hybridized carbons (Fsp3) is 0.0714. The summed E-state index contributed by atoms with van der Waals surface area (Å²) in [5.74, 6) is -0.203. The number of hydrogen-bond donors (Lipinski definition) is 1. The lowest BCUT2D eigenvalue weighted by molar-refractivity contribution is 0.101. The summed E-state index contributed by atoms with van der Waals surface area (Å²) in [5, 5.41) is 6.98. The van der Waals surface area contributed by atoms with Gasteiger partial charge in [-0.3, -0.25) is 4.79 Å². The fourth-order valence-corrected chi connectivity index (χ4v) is 1.91. The van der Waals surface area contributed by atoms with Crippen molar-refractivity contribution < 1.29 is 4.79 Å². The van der Waals surface area contributed by atoms with Crippen molar-refractivity contribution in [1.29, 1.82) is 0 Å². The summed E-state index contributed by atoms with van der Waals surface area (Å²) in [6.07, 6.45) is 3.22. The molecule has 3 rings (SSSR count). The predicted molar refractivity (Wildman–Crippen MR) is 72.1 cm³/mol. The van der Waals surface area contributed by atoms with Gasteiger partial charge >= 0.3 is 0 Å². The van der Waals surface area contributed by atoms with Crippen LogP contribution in [0.2, 0.25) is 0 Å². The number of aryl methyl sites for hydroxylation is 1. The van der Waals surface area contributed by atoms with E-state index in [-0.39, 0.29) is 5.91 Å². The first kappa shape index (κ1) is 11.4. The van der Waals surface area contributed by atoms with E-state index in [0.717, 1.165) is 11.3 Å². The van der Waals surface area contributed by atoms with Crippen LogP contribution in [0.1, 0.15) is 16.1 Å². The van der Waals surface area contributed by atoms with Crippen molar-refractivity contribution in [3.8, 4) is 0 Å². The Labute approximate surface area is 109 Å². The lowest BCUT2D eigenvalue weighted by atomic mass is 10.2. The summed E-state index contributed by atoms with van der Waals surface area (Å²) >= 11 is 0. The highest BCUT2D eigenvalue weighted by molar-refractivity contribution is 6.03. The van der Waals surface area contributed by atoms with Gasteiger partial charge in [-0.1, -0.05) is 18.2 Å². The number of carbonyl (C=O) groups is 1. The number of anilines is 1. The minimum atomic E-state index is -0.203. The third-order valence-electron chi connectivity index (χ3n) is 2.92. The molecule has 0 spiro atoms. The molecule has 5 heteroatoms. The first-order valence-electron chi connectivity index (χ1n) is 5.91. The molecular weight excluding hydrogens is 240 g/mol. The third kappa shape index (κ3) is 2.06. The first-order chi connectivity index (χ1) is 9.25. The molecular formula is C14H12N4O.